The van der Waals surface area contributed by atoms with Gasteiger partial charge < -0.3 is 5.11 Å². The third kappa shape index (κ3) is 18.2. The zero-order valence-electron chi connectivity index (χ0n) is 16.0. The first-order chi connectivity index (χ1) is 11.3. The number of hydrogen-bond acceptors (Lipinski definition) is 2. The van der Waals surface area contributed by atoms with Crippen LogP contribution in [0.1, 0.15) is 104 Å². The molecule has 1 N–H and O–H groups in total. The van der Waals surface area contributed by atoms with Crippen LogP contribution in [0.5, 0.6) is 0 Å². The summed E-state index contributed by atoms with van der Waals surface area (Å²) < 4.78 is 0. The van der Waals surface area contributed by atoms with E-state index in [-0.39, 0.29) is 6.61 Å². The van der Waals surface area contributed by atoms with Crippen LogP contribution in [-0.4, -0.2) is 23.2 Å². The van der Waals surface area contributed by atoms with Crippen molar-refractivity contribution in [3.8, 4) is 0 Å². The molecule has 138 valence electrons. The highest BCUT2D eigenvalue weighted by Gasteiger charge is 1.96. The summed E-state index contributed by atoms with van der Waals surface area (Å²) >= 11 is 1.97. The minimum absolute atomic E-state index is 0.224. The lowest BCUT2D eigenvalue weighted by molar-refractivity contribution is 0.332. The Kier molecular flexibility index (Phi) is 20.1. The van der Waals surface area contributed by atoms with Crippen molar-refractivity contribution < 1.29 is 5.11 Å². The normalized spacial score (nSPS) is 12.0. The zero-order valence-corrected chi connectivity index (χ0v) is 16.8. The largest absolute Gasteiger partial charge is 0.392 e. The predicted molar refractivity (Wildman–Crippen MR) is 108 cm³/mol. The van der Waals surface area contributed by atoms with Gasteiger partial charge in [0, 0.05) is 5.75 Å². The van der Waals surface area contributed by atoms with Gasteiger partial charge in [-0.25, -0.2) is 0 Å². The van der Waals surface area contributed by atoms with E-state index < -0.39 is 0 Å². The Balaban J connectivity index is 3.05. The number of aliphatic hydroxyl groups excluding tert-OH is 1. The van der Waals surface area contributed by atoms with Crippen molar-refractivity contribution in [3.63, 3.8) is 0 Å². The molecule has 1 nitrogen and oxygen atoms in total. The molecule has 0 rings (SSSR count). The van der Waals surface area contributed by atoms with Crippen LogP contribution in [0.2, 0.25) is 0 Å². The summed E-state index contributed by atoms with van der Waals surface area (Å²) in [7, 11) is 0. The molecule has 0 amide bonds. The van der Waals surface area contributed by atoms with Gasteiger partial charge in [-0.3, -0.25) is 0 Å². The van der Waals surface area contributed by atoms with Gasteiger partial charge in [-0.2, -0.15) is 11.8 Å². The molecule has 0 heterocycles. The molecule has 0 aliphatic carbocycles. The fourth-order valence-corrected chi connectivity index (χ4v) is 3.89. The monoisotopic (exact) mass is 342 g/mol. The van der Waals surface area contributed by atoms with Crippen molar-refractivity contribution >= 4 is 11.8 Å². The zero-order chi connectivity index (χ0) is 17.0. The number of unbranched alkanes of at least 4 members (excludes halogenated alkanes) is 13. The second kappa shape index (κ2) is 20.1. The molecule has 0 saturated heterocycles. The lowest BCUT2D eigenvalue weighted by atomic mass is 10.0. The summed E-state index contributed by atoms with van der Waals surface area (Å²) in [6, 6.07) is 0. The Hall–Kier alpha value is 0.0500. The van der Waals surface area contributed by atoms with Gasteiger partial charge in [-0.05, 0) is 24.7 Å². The summed E-state index contributed by atoms with van der Waals surface area (Å²) in [5.74, 6) is 2.25. The van der Waals surface area contributed by atoms with E-state index in [1.54, 1.807) is 0 Å². The molecule has 0 unspecified atom stereocenters. The first-order valence-electron chi connectivity index (χ1n) is 10.2. The smallest absolute Gasteiger partial charge is 0.0649 e. The van der Waals surface area contributed by atoms with Crippen LogP contribution in [-0.2, 0) is 0 Å². The Morgan fingerprint density at radius 1 is 0.739 bits per heavy atom. The fourth-order valence-electron chi connectivity index (χ4n) is 2.82. The van der Waals surface area contributed by atoms with Gasteiger partial charge in [-0.15, -0.1) is 0 Å². The molecule has 0 aromatic heterocycles. The molecule has 0 saturated carbocycles. The Bertz CT molecular complexity index is 250. The predicted octanol–water partition coefficient (Wildman–Crippen LogP) is 7.14. The molecule has 0 radical (unpaired) electrons. The van der Waals surface area contributed by atoms with E-state index in [2.05, 4.69) is 6.92 Å². The van der Waals surface area contributed by atoms with Crippen molar-refractivity contribution in [1.82, 2.24) is 0 Å². The van der Waals surface area contributed by atoms with Crippen LogP contribution in [0.4, 0.5) is 0 Å². The maximum absolute atomic E-state index is 9.07. The number of hydrogen-bond donors (Lipinski definition) is 1. The van der Waals surface area contributed by atoms with Crippen LogP contribution in [0.3, 0.4) is 0 Å². The van der Waals surface area contributed by atoms with Gasteiger partial charge in [0.2, 0.25) is 0 Å². The molecule has 0 aliphatic heterocycles. The number of allylic oxidation sites excluding steroid dienone is 1. The SMILES string of the molecule is CC=C(CO)CSCCCCCCCCCCCCCCCC. The van der Waals surface area contributed by atoms with E-state index in [1.807, 2.05) is 24.8 Å². The number of rotatable bonds is 18. The highest BCUT2D eigenvalue weighted by molar-refractivity contribution is 7.99. The van der Waals surface area contributed by atoms with Crippen LogP contribution in [0.15, 0.2) is 11.6 Å². The van der Waals surface area contributed by atoms with Crippen LogP contribution in [0.25, 0.3) is 0 Å². The van der Waals surface area contributed by atoms with Gasteiger partial charge in [-0.1, -0.05) is 96.5 Å². The van der Waals surface area contributed by atoms with Crippen molar-refractivity contribution in [3.05, 3.63) is 11.6 Å². The van der Waals surface area contributed by atoms with E-state index in [1.165, 1.54) is 101 Å². The molecule has 23 heavy (non-hydrogen) atoms. The standard InChI is InChI=1S/C21H42OS/c1-3-5-6-7-8-9-10-11-12-13-14-15-16-17-18-23-20-21(4-2)19-22/h4,22H,3,5-20H2,1-2H3. The average Bonchev–Trinajstić information content (AvgIpc) is 2.58. The summed E-state index contributed by atoms with van der Waals surface area (Å²) in [6.07, 6.45) is 22.0. The molecule has 0 bridgehead atoms. The van der Waals surface area contributed by atoms with Gasteiger partial charge in [0.25, 0.3) is 0 Å². The van der Waals surface area contributed by atoms with Crippen molar-refractivity contribution in [2.45, 2.75) is 104 Å². The molecule has 0 spiro atoms. The Morgan fingerprint density at radius 2 is 1.17 bits per heavy atom. The summed E-state index contributed by atoms with van der Waals surface area (Å²) in [5.41, 5.74) is 1.17. The van der Waals surface area contributed by atoms with Crippen molar-refractivity contribution in [1.29, 1.82) is 0 Å². The molecule has 0 aromatic rings. The highest BCUT2D eigenvalue weighted by atomic mass is 32.2. The molecule has 2 heteroatoms. The lowest BCUT2D eigenvalue weighted by Crippen LogP contribution is -1.94. The third-order valence-corrected chi connectivity index (χ3v) is 5.69. The van der Waals surface area contributed by atoms with Crippen molar-refractivity contribution in [2.24, 2.45) is 0 Å². The summed E-state index contributed by atoms with van der Waals surface area (Å²) in [5, 5.41) is 9.07. The average molecular weight is 343 g/mol. The number of thioether (sulfide) groups is 1. The summed E-state index contributed by atoms with van der Waals surface area (Å²) in [4.78, 5) is 0. The molecule has 0 aromatic carbocycles. The van der Waals surface area contributed by atoms with Crippen LogP contribution in [0, 0.1) is 0 Å². The topological polar surface area (TPSA) is 20.2 Å². The quantitative estimate of drug-likeness (QED) is 0.211. The molecule has 0 aliphatic rings. The van der Waals surface area contributed by atoms with E-state index in [0.29, 0.717) is 0 Å². The minimum Gasteiger partial charge on any atom is -0.392 e. The van der Waals surface area contributed by atoms with Crippen LogP contribution >= 0.6 is 11.8 Å². The first kappa shape index (κ1) is 23.1. The molecule has 0 atom stereocenters. The maximum Gasteiger partial charge on any atom is 0.0649 e. The van der Waals surface area contributed by atoms with Crippen LogP contribution < -0.4 is 0 Å². The van der Waals surface area contributed by atoms with Crippen molar-refractivity contribution in [2.75, 3.05) is 18.1 Å². The maximum atomic E-state index is 9.07. The lowest BCUT2D eigenvalue weighted by Gasteiger charge is -2.04. The van der Waals surface area contributed by atoms with Gasteiger partial charge in [0.1, 0.15) is 0 Å². The molecule has 0 fully saturated rings. The summed E-state index contributed by atoms with van der Waals surface area (Å²) in [6.45, 7) is 4.52. The van der Waals surface area contributed by atoms with E-state index >= 15 is 0 Å². The number of aliphatic hydroxyl groups is 1. The highest BCUT2D eigenvalue weighted by Crippen LogP contribution is 2.14. The Labute approximate surface area is 150 Å². The fraction of sp³-hybridized carbons (Fsp3) is 0.905. The van der Waals surface area contributed by atoms with Gasteiger partial charge >= 0.3 is 0 Å². The third-order valence-electron chi connectivity index (χ3n) is 4.54. The second-order valence-electron chi connectivity index (χ2n) is 6.75. The van der Waals surface area contributed by atoms with E-state index in [0.717, 1.165) is 5.75 Å². The first-order valence-corrected chi connectivity index (χ1v) is 11.3. The van der Waals surface area contributed by atoms with E-state index in [4.69, 9.17) is 5.11 Å². The second-order valence-corrected chi connectivity index (χ2v) is 7.86. The minimum atomic E-state index is 0.224. The van der Waals surface area contributed by atoms with Gasteiger partial charge in [0.05, 0.1) is 6.61 Å². The molecular weight excluding hydrogens is 300 g/mol. The molecular formula is C21H42OS. The van der Waals surface area contributed by atoms with Gasteiger partial charge in [0.15, 0.2) is 0 Å². The Morgan fingerprint density at radius 3 is 1.57 bits per heavy atom. The van der Waals surface area contributed by atoms with E-state index in [9.17, 15) is 0 Å².